The summed E-state index contributed by atoms with van der Waals surface area (Å²) in [6, 6.07) is 15.2. The standard InChI is InChI=1S/C26H28N2O7S/c1-32-22-10-7-9-20(26(22)35-4)27-13-12-17-14-23(33-2)24(34-3)15-18(17)21(27)16-36(31)25-11-6-5-8-19(25)28(29)30/h5-11,14-15,21H,12-13,16H2,1-4H3/t21-,36-/m1/s1. The monoisotopic (exact) mass is 512 g/mol. The molecule has 0 saturated carbocycles. The molecule has 1 heterocycles. The summed E-state index contributed by atoms with van der Waals surface area (Å²) in [7, 11) is 4.63. The molecule has 9 nitrogen and oxygen atoms in total. The van der Waals surface area contributed by atoms with E-state index in [1.807, 2.05) is 30.3 Å². The van der Waals surface area contributed by atoms with Gasteiger partial charge in [-0.1, -0.05) is 18.2 Å². The number of anilines is 1. The van der Waals surface area contributed by atoms with E-state index in [2.05, 4.69) is 4.90 Å². The summed E-state index contributed by atoms with van der Waals surface area (Å²) in [6.45, 7) is 0.602. The zero-order valence-corrected chi connectivity index (χ0v) is 21.4. The molecule has 10 heteroatoms. The lowest BCUT2D eigenvalue weighted by molar-refractivity contribution is -0.387. The van der Waals surface area contributed by atoms with E-state index in [0.717, 1.165) is 16.8 Å². The van der Waals surface area contributed by atoms with E-state index < -0.39 is 21.8 Å². The molecule has 4 rings (SSSR count). The third-order valence-corrected chi connectivity index (χ3v) is 7.76. The molecule has 0 aliphatic carbocycles. The maximum absolute atomic E-state index is 13.6. The van der Waals surface area contributed by atoms with Crippen molar-refractivity contribution in [3.05, 3.63) is 75.8 Å². The van der Waals surface area contributed by atoms with Crippen molar-refractivity contribution in [1.29, 1.82) is 0 Å². The number of hydrogen-bond donors (Lipinski definition) is 0. The molecule has 0 bridgehead atoms. The first-order chi connectivity index (χ1) is 17.4. The Kier molecular flexibility index (Phi) is 7.64. The molecule has 190 valence electrons. The summed E-state index contributed by atoms with van der Waals surface area (Å²) in [5, 5.41) is 11.6. The van der Waals surface area contributed by atoms with E-state index in [1.54, 1.807) is 46.6 Å². The first kappa shape index (κ1) is 25.3. The smallest absolute Gasteiger partial charge is 0.285 e. The molecule has 0 aromatic heterocycles. The summed E-state index contributed by atoms with van der Waals surface area (Å²) in [4.78, 5) is 13.4. The van der Waals surface area contributed by atoms with Crippen LogP contribution in [0.1, 0.15) is 17.2 Å². The van der Waals surface area contributed by atoms with Crippen LogP contribution in [0.3, 0.4) is 0 Å². The van der Waals surface area contributed by atoms with Gasteiger partial charge < -0.3 is 23.8 Å². The highest BCUT2D eigenvalue weighted by Gasteiger charge is 2.34. The van der Waals surface area contributed by atoms with Crippen LogP contribution in [0.2, 0.25) is 0 Å². The van der Waals surface area contributed by atoms with Gasteiger partial charge in [0.05, 0.1) is 61.6 Å². The second kappa shape index (κ2) is 10.9. The number of nitro benzene ring substituents is 1. The van der Waals surface area contributed by atoms with Gasteiger partial charge in [-0.05, 0) is 47.9 Å². The summed E-state index contributed by atoms with van der Waals surface area (Å²) >= 11 is 0. The minimum atomic E-state index is -1.67. The number of nitrogens with zero attached hydrogens (tertiary/aromatic N) is 2. The molecule has 0 fully saturated rings. The zero-order valence-electron chi connectivity index (χ0n) is 20.6. The molecular formula is C26H28N2O7S. The fourth-order valence-corrected chi connectivity index (χ4v) is 6.06. The Morgan fingerprint density at radius 2 is 1.64 bits per heavy atom. The molecule has 3 aromatic rings. The number of benzene rings is 3. The van der Waals surface area contributed by atoms with Gasteiger partial charge in [-0.15, -0.1) is 0 Å². The van der Waals surface area contributed by atoms with Gasteiger partial charge in [0.15, 0.2) is 23.0 Å². The highest BCUT2D eigenvalue weighted by Crippen LogP contribution is 2.45. The second-order valence-electron chi connectivity index (χ2n) is 8.11. The van der Waals surface area contributed by atoms with Gasteiger partial charge in [0.2, 0.25) is 0 Å². The molecule has 0 radical (unpaired) electrons. The van der Waals surface area contributed by atoms with Crippen molar-refractivity contribution in [2.75, 3.05) is 45.6 Å². The Bertz CT molecular complexity index is 1300. The number of para-hydroxylation sites is 2. The lowest BCUT2D eigenvalue weighted by Gasteiger charge is -2.40. The fraction of sp³-hybridized carbons (Fsp3) is 0.308. The van der Waals surface area contributed by atoms with Crippen LogP contribution in [-0.4, -0.2) is 49.9 Å². The molecule has 0 N–H and O–H groups in total. The molecule has 1 aliphatic heterocycles. The van der Waals surface area contributed by atoms with Crippen molar-refractivity contribution in [2.24, 2.45) is 0 Å². The van der Waals surface area contributed by atoms with Crippen LogP contribution >= 0.6 is 0 Å². The van der Waals surface area contributed by atoms with Gasteiger partial charge in [0.25, 0.3) is 5.69 Å². The summed E-state index contributed by atoms with van der Waals surface area (Å²) in [5.41, 5.74) is 2.57. The van der Waals surface area contributed by atoms with E-state index in [4.69, 9.17) is 18.9 Å². The average Bonchev–Trinajstić information content (AvgIpc) is 2.91. The van der Waals surface area contributed by atoms with E-state index in [-0.39, 0.29) is 16.3 Å². The molecule has 3 aromatic carbocycles. The normalized spacial score (nSPS) is 15.6. The molecule has 0 amide bonds. The highest BCUT2D eigenvalue weighted by atomic mass is 32.2. The van der Waals surface area contributed by atoms with Gasteiger partial charge in [-0.25, -0.2) is 0 Å². The van der Waals surface area contributed by atoms with E-state index in [9.17, 15) is 14.3 Å². The van der Waals surface area contributed by atoms with Crippen LogP contribution in [-0.2, 0) is 17.2 Å². The summed E-state index contributed by atoms with van der Waals surface area (Å²) in [6.07, 6.45) is 0.699. The number of hydrogen-bond acceptors (Lipinski definition) is 8. The Labute approximate surface area is 212 Å². The first-order valence-electron chi connectivity index (χ1n) is 11.3. The molecule has 36 heavy (non-hydrogen) atoms. The maximum Gasteiger partial charge on any atom is 0.285 e. The number of fused-ring (bicyclic) bond motifs is 1. The number of methoxy groups -OCH3 is 4. The largest absolute Gasteiger partial charge is 0.493 e. The quantitative estimate of drug-likeness (QED) is 0.304. The lowest BCUT2D eigenvalue weighted by Crippen LogP contribution is -2.38. The topological polar surface area (TPSA) is 100 Å². The van der Waals surface area contributed by atoms with Gasteiger partial charge in [-0.3, -0.25) is 14.3 Å². The Hall–Kier alpha value is -3.79. The highest BCUT2D eigenvalue weighted by molar-refractivity contribution is 7.85. The molecule has 0 unspecified atom stereocenters. The van der Waals surface area contributed by atoms with Crippen LogP contribution in [0.4, 0.5) is 11.4 Å². The summed E-state index contributed by atoms with van der Waals surface area (Å²) in [5.74, 6) is 2.42. The van der Waals surface area contributed by atoms with Crippen LogP contribution in [0.5, 0.6) is 23.0 Å². The minimum absolute atomic E-state index is 0.119. The third kappa shape index (κ3) is 4.68. The van der Waals surface area contributed by atoms with Crippen LogP contribution in [0, 0.1) is 10.1 Å². The van der Waals surface area contributed by atoms with E-state index in [0.29, 0.717) is 36.0 Å². The maximum atomic E-state index is 13.6. The minimum Gasteiger partial charge on any atom is -0.493 e. The lowest BCUT2D eigenvalue weighted by atomic mass is 9.92. The molecule has 0 saturated heterocycles. The molecular weight excluding hydrogens is 484 g/mol. The van der Waals surface area contributed by atoms with Crippen molar-refractivity contribution >= 4 is 22.2 Å². The van der Waals surface area contributed by atoms with Gasteiger partial charge in [0.1, 0.15) is 4.90 Å². The molecule has 0 spiro atoms. The number of rotatable bonds is 9. The second-order valence-corrected chi connectivity index (χ2v) is 9.58. The van der Waals surface area contributed by atoms with Crippen LogP contribution in [0.15, 0.2) is 59.5 Å². The van der Waals surface area contributed by atoms with Crippen molar-refractivity contribution < 1.29 is 28.1 Å². The van der Waals surface area contributed by atoms with Crippen molar-refractivity contribution in [2.45, 2.75) is 17.4 Å². The van der Waals surface area contributed by atoms with Gasteiger partial charge in [0, 0.05) is 12.6 Å². The number of ether oxygens (including phenoxy) is 4. The fourth-order valence-electron chi connectivity index (χ4n) is 4.63. The Balaban J connectivity index is 1.85. The molecule has 1 aliphatic rings. The molecule has 2 atom stereocenters. The predicted molar refractivity (Wildman–Crippen MR) is 137 cm³/mol. The third-order valence-electron chi connectivity index (χ3n) is 6.31. The average molecular weight is 513 g/mol. The Morgan fingerprint density at radius 1 is 0.944 bits per heavy atom. The zero-order chi connectivity index (χ0) is 25.8. The Morgan fingerprint density at radius 3 is 2.31 bits per heavy atom. The predicted octanol–water partition coefficient (Wildman–Crippen LogP) is 4.54. The van der Waals surface area contributed by atoms with E-state index in [1.165, 1.54) is 6.07 Å². The van der Waals surface area contributed by atoms with Gasteiger partial charge >= 0.3 is 0 Å². The van der Waals surface area contributed by atoms with Crippen molar-refractivity contribution in [1.82, 2.24) is 0 Å². The summed E-state index contributed by atoms with van der Waals surface area (Å²) < 4.78 is 35.9. The van der Waals surface area contributed by atoms with Crippen LogP contribution < -0.4 is 23.8 Å². The number of nitro groups is 1. The van der Waals surface area contributed by atoms with Crippen molar-refractivity contribution in [3.8, 4) is 23.0 Å². The van der Waals surface area contributed by atoms with Crippen LogP contribution in [0.25, 0.3) is 0 Å². The van der Waals surface area contributed by atoms with Gasteiger partial charge in [-0.2, -0.15) is 0 Å². The van der Waals surface area contributed by atoms with E-state index >= 15 is 0 Å². The van der Waals surface area contributed by atoms with Crippen molar-refractivity contribution in [3.63, 3.8) is 0 Å². The first-order valence-corrected chi connectivity index (χ1v) is 12.6. The SMILES string of the molecule is COc1cc2c(cc1OC)[C@@H](C[S@@](=O)c1ccccc1[N+](=O)[O-])N(c1cccc(OC)c1OC)CC2.